The van der Waals surface area contributed by atoms with Crippen molar-refractivity contribution < 1.29 is 9.90 Å². The first-order valence-corrected chi connectivity index (χ1v) is 5.76. The van der Waals surface area contributed by atoms with Crippen LogP contribution in [0.5, 0.6) is 0 Å². The van der Waals surface area contributed by atoms with Crippen molar-refractivity contribution in [1.82, 2.24) is 4.98 Å². The zero-order valence-corrected chi connectivity index (χ0v) is 10.1. The third-order valence-electron chi connectivity index (χ3n) is 1.65. The molecule has 5 heteroatoms. The Hall–Kier alpha value is -0.870. The summed E-state index contributed by atoms with van der Waals surface area (Å²) in [4.78, 5) is 14.4. The van der Waals surface area contributed by atoms with Crippen molar-refractivity contribution in [2.24, 2.45) is 0 Å². The lowest BCUT2D eigenvalue weighted by Crippen LogP contribution is -2.01. The molecule has 0 fully saturated rings. The van der Waals surface area contributed by atoms with Crippen LogP contribution in [0.3, 0.4) is 0 Å². The van der Waals surface area contributed by atoms with E-state index in [2.05, 4.69) is 20.9 Å². The number of halogens is 2. The summed E-state index contributed by atoms with van der Waals surface area (Å²) in [6.45, 7) is 0. The number of aromatic nitrogens is 1. The zero-order valence-electron chi connectivity index (χ0n) is 7.78. The summed E-state index contributed by atoms with van der Waals surface area (Å²) in [5.41, 5.74) is 0.681. The number of alkyl halides is 1. The summed E-state index contributed by atoms with van der Waals surface area (Å²) < 4.78 is 0. The predicted molar refractivity (Wildman–Crippen MR) is 63.7 cm³/mol. The van der Waals surface area contributed by atoms with E-state index in [9.17, 15) is 4.79 Å². The maximum absolute atomic E-state index is 10.6. The smallest absolute Gasteiger partial charge is 0.356 e. The fraction of sp³-hybridized carbons (Fsp3) is 0.200. The van der Waals surface area contributed by atoms with Gasteiger partial charge < -0.3 is 5.11 Å². The van der Waals surface area contributed by atoms with E-state index in [1.165, 1.54) is 6.20 Å². The molecule has 1 heterocycles. The highest BCUT2D eigenvalue weighted by Gasteiger charge is 2.09. The Morgan fingerprint density at radius 1 is 1.67 bits per heavy atom. The first-order chi connectivity index (χ1) is 7.15. The molecule has 0 saturated heterocycles. The largest absolute Gasteiger partial charge is 0.476 e. The molecule has 1 rings (SSSR count). The number of aromatic carboxylic acids is 1. The van der Waals surface area contributed by atoms with Gasteiger partial charge in [-0.1, -0.05) is 39.7 Å². The van der Waals surface area contributed by atoms with Crippen molar-refractivity contribution in [2.75, 3.05) is 5.33 Å². The highest BCUT2D eigenvalue weighted by Crippen LogP contribution is 2.16. The molecule has 15 heavy (non-hydrogen) atoms. The maximum atomic E-state index is 10.6. The van der Waals surface area contributed by atoms with Crippen LogP contribution in [0.2, 0.25) is 5.02 Å². The molecular weight excluding hydrogens is 281 g/mol. The van der Waals surface area contributed by atoms with Gasteiger partial charge in [0.2, 0.25) is 0 Å². The molecule has 0 aliphatic rings. The quantitative estimate of drug-likeness (QED) is 0.866. The molecule has 0 unspecified atom stereocenters. The minimum absolute atomic E-state index is 0.116. The third kappa shape index (κ3) is 3.64. The number of hydrogen-bond donors (Lipinski definition) is 1. The minimum atomic E-state index is -1.11. The molecule has 0 aromatic carbocycles. The Kier molecular flexibility index (Phi) is 4.78. The van der Waals surface area contributed by atoms with Crippen LogP contribution in [0.15, 0.2) is 18.3 Å². The van der Waals surface area contributed by atoms with E-state index in [-0.39, 0.29) is 10.7 Å². The van der Waals surface area contributed by atoms with Gasteiger partial charge in [-0.2, -0.15) is 0 Å². The van der Waals surface area contributed by atoms with Crippen LogP contribution in [-0.4, -0.2) is 21.4 Å². The second kappa shape index (κ2) is 5.88. The molecule has 0 aliphatic carbocycles. The van der Waals surface area contributed by atoms with Crippen LogP contribution in [-0.2, 0) is 0 Å². The topological polar surface area (TPSA) is 50.2 Å². The van der Waals surface area contributed by atoms with Gasteiger partial charge in [0, 0.05) is 11.5 Å². The summed E-state index contributed by atoms with van der Waals surface area (Å²) >= 11 is 9.05. The first-order valence-electron chi connectivity index (χ1n) is 4.26. The Bertz CT molecular complexity index is 393. The molecule has 1 aromatic rings. The molecule has 1 N–H and O–H groups in total. The lowest BCUT2D eigenvalue weighted by Gasteiger charge is -1.98. The number of carboxylic acid groups (broad SMARTS) is 1. The molecule has 0 radical (unpaired) electrons. The highest BCUT2D eigenvalue weighted by atomic mass is 79.9. The predicted octanol–water partition coefficient (Wildman–Crippen LogP) is 3.23. The molecule has 0 amide bonds. The molecule has 3 nitrogen and oxygen atoms in total. The van der Waals surface area contributed by atoms with Gasteiger partial charge in [0.05, 0.1) is 5.02 Å². The number of pyridine rings is 1. The van der Waals surface area contributed by atoms with Gasteiger partial charge in [0.15, 0.2) is 5.69 Å². The van der Waals surface area contributed by atoms with Crippen LogP contribution >= 0.6 is 27.5 Å². The fourth-order valence-corrected chi connectivity index (χ4v) is 1.50. The van der Waals surface area contributed by atoms with Crippen molar-refractivity contribution in [3.8, 4) is 0 Å². The van der Waals surface area contributed by atoms with E-state index in [0.717, 1.165) is 17.3 Å². The van der Waals surface area contributed by atoms with Gasteiger partial charge >= 0.3 is 5.97 Å². The Morgan fingerprint density at radius 3 is 2.93 bits per heavy atom. The van der Waals surface area contributed by atoms with Crippen molar-refractivity contribution in [3.05, 3.63) is 34.6 Å². The molecule has 0 saturated carbocycles. The van der Waals surface area contributed by atoms with E-state index in [1.54, 1.807) is 6.07 Å². The van der Waals surface area contributed by atoms with E-state index in [4.69, 9.17) is 16.7 Å². The lowest BCUT2D eigenvalue weighted by molar-refractivity contribution is 0.0690. The standard InChI is InChI=1S/C10H9BrClNO2/c11-4-2-1-3-7-5-8(12)9(10(14)15)13-6-7/h1,3,5-6H,2,4H2,(H,14,15). The second-order valence-electron chi connectivity index (χ2n) is 2.78. The summed E-state index contributed by atoms with van der Waals surface area (Å²) in [6.07, 6.45) is 6.20. The van der Waals surface area contributed by atoms with Gasteiger partial charge in [-0.15, -0.1) is 0 Å². The minimum Gasteiger partial charge on any atom is -0.476 e. The molecule has 0 spiro atoms. The molecule has 0 aliphatic heterocycles. The monoisotopic (exact) mass is 289 g/mol. The van der Waals surface area contributed by atoms with E-state index < -0.39 is 5.97 Å². The van der Waals surface area contributed by atoms with Crippen LogP contribution in [0, 0.1) is 0 Å². The average molecular weight is 291 g/mol. The zero-order chi connectivity index (χ0) is 11.3. The van der Waals surface area contributed by atoms with Crippen molar-refractivity contribution in [1.29, 1.82) is 0 Å². The van der Waals surface area contributed by atoms with Crippen LogP contribution in [0.4, 0.5) is 0 Å². The summed E-state index contributed by atoms with van der Waals surface area (Å²) in [5.74, 6) is -1.11. The number of carboxylic acids is 1. The van der Waals surface area contributed by atoms with Crippen LogP contribution in [0.25, 0.3) is 6.08 Å². The molecule has 0 atom stereocenters. The van der Waals surface area contributed by atoms with Gasteiger partial charge in [0.25, 0.3) is 0 Å². The number of rotatable bonds is 4. The van der Waals surface area contributed by atoms with Crippen molar-refractivity contribution in [2.45, 2.75) is 6.42 Å². The lowest BCUT2D eigenvalue weighted by atomic mass is 10.2. The molecule has 0 bridgehead atoms. The molecule has 80 valence electrons. The van der Waals surface area contributed by atoms with Gasteiger partial charge in [-0.3, -0.25) is 0 Å². The fourth-order valence-electron chi connectivity index (χ4n) is 0.984. The van der Waals surface area contributed by atoms with Crippen molar-refractivity contribution in [3.63, 3.8) is 0 Å². The average Bonchev–Trinajstić information content (AvgIpc) is 2.17. The summed E-state index contributed by atoms with van der Waals surface area (Å²) in [5, 5.41) is 9.74. The SMILES string of the molecule is O=C(O)c1ncc(C=CCCBr)cc1Cl. The Morgan fingerprint density at radius 2 is 2.40 bits per heavy atom. The first kappa shape index (κ1) is 12.2. The van der Waals surface area contributed by atoms with Crippen LogP contribution < -0.4 is 0 Å². The molecular formula is C10H9BrClNO2. The number of carbonyl (C=O) groups is 1. The third-order valence-corrected chi connectivity index (χ3v) is 2.40. The van der Waals surface area contributed by atoms with Gasteiger partial charge in [-0.05, 0) is 18.1 Å². The van der Waals surface area contributed by atoms with Crippen molar-refractivity contribution >= 4 is 39.6 Å². The maximum Gasteiger partial charge on any atom is 0.356 e. The summed E-state index contributed by atoms with van der Waals surface area (Å²) in [6, 6.07) is 1.59. The normalized spacial score (nSPS) is 10.8. The van der Waals surface area contributed by atoms with Gasteiger partial charge in [0.1, 0.15) is 0 Å². The Balaban J connectivity index is 2.87. The molecule has 1 aromatic heterocycles. The van der Waals surface area contributed by atoms with Crippen LogP contribution in [0.1, 0.15) is 22.5 Å². The summed E-state index contributed by atoms with van der Waals surface area (Å²) in [7, 11) is 0. The van der Waals surface area contributed by atoms with E-state index >= 15 is 0 Å². The number of nitrogens with zero attached hydrogens (tertiary/aromatic N) is 1. The van der Waals surface area contributed by atoms with E-state index in [1.807, 2.05) is 12.2 Å². The Labute approximate surface area is 101 Å². The highest BCUT2D eigenvalue weighted by molar-refractivity contribution is 9.09. The number of allylic oxidation sites excluding steroid dienone is 1. The van der Waals surface area contributed by atoms with E-state index in [0.29, 0.717) is 0 Å². The number of hydrogen-bond acceptors (Lipinski definition) is 2. The van der Waals surface area contributed by atoms with Gasteiger partial charge in [-0.25, -0.2) is 9.78 Å². The second-order valence-corrected chi connectivity index (χ2v) is 3.98.